The van der Waals surface area contributed by atoms with Gasteiger partial charge < -0.3 is 9.38 Å². The monoisotopic (exact) mass is 209 g/mol. The van der Waals surface area contributed by atoms with Crippen molar-refractivity contribution in [2.24, 2.45) is 5.92 Å². The lowest BCUT2D eigenvalue weighted by Crippen LogP contribution is -2.34. The summed E-state index contributed by atoms with van der Waals surface area (Å²) in [5.41, 5.74) is 0. The fourth-order valence-corrected chi connectivity index (χ4v) is 1.57. The first kappa shape index (κ1) is 12.1. The van der Waals surface area contributed by atoms with Crippen molar-refractivity contribution in [3.8, 4) is 11.8 Å². The Morgan fingerprint density at radius 1 is 1.40 bits per heavy atom. The molecule has 3 nitrogen and oxygen atoms in total. The topological polar surface area (TPSA) is 20.3 Å². The Morgan fingerprint density at radius 3 is 2.53 bits per heavy atom. The zero-order chi connectivity index (χ0) is 11.5. The summed E-state index contributed by atoms with van der Waals surface area (Å²) >= 11 is 0. The van der Waals surface area contributed by atoms with Crippen molar-refractivity contribution in [3.05, 3.63) is 0 Å². The maximum atomic E-state index is 11.4. The molecule has 1 rings (SSSR count). The molecule has 0 N–H and O–H groups in total. The Bertz CT molecular complexity index is 293. The fourth-order valence-electron chi connectivity index (χ4n) is 1.57. The number of carbonyl (C=O) groups is 1. The van der Waals surface area contributed by atoms with E-state index < -0.39 is 0 Å². The average molecular weight is 209 g/mol. The van der Waals surface area contributed by atoms with Crippen LogP contribution in [0.5, 0.6) is 0 Å². The van der Waals surface area contributed by atoms with E-state index in [2.05, 4.69) is 39.9 Å². The summed E-state index contributed by atoms with van der Waals surface area (Å²) in [7, 11) is 6.33. The van der Waals surface area contributed by atoms with E-state index in [-0.39, 0.29) is 5.91 Å². The van der Waals surface area contributed by atoms with Gasteiger partial charge in [0.25, 0.3) is 0 Å². The lowest BCUT2D eigenvalue weighted by atomic mass is 10.2. The second-order valence-corrected chi connectivity index (χ2v) is 5.39. The van der Waals surface area contributed by atoms with Crippen LogP contribution in [0.1, 0.15) is 13.3 Å². The molecule has 0 aromatic heterocycles. The highest BCUT2D eigenvalue weighted by Crippen LogP contribution is 2.15. The van der Waals surface area contributed by atoms with Gasteiger partial charge in [0.15, 0.2) is 0 Å². The zero-order valence-corrected chi connectivity index (χ0v) is 10.2. The molecule has 1 fully saturated rings. The van der Waals surface area contributed by atoms with Gasteiger partial charge in [-0.05, 0) is 11.8 Å². The first-order valence-corrected chi connectivity index (χ1v) is 5.42. The molecule has 0 saturated carbocycles. The van der Waals surface area contributed by atoms with Crippen LogP contribution in [-0.4, -0.2) is 56.1 Å². The number of hydrogen-bond donors (Lipinski definition) is 0. The van der Waals surface area contributed by atoms with E-state index in [1.807, 2.05) is 4.90 Å². The highest BCUT2D eigenvalue weighted by Gasteiger charge is 2.25. The molecule has 0 unspecified atom stereocenters. The van der Waals surface area contributed by atoms with Gasteiger partial charge in [-0.3, -0.25) is 4.79 Å². The van der Waals surface area contributed by atoms with Gasteiger partial charge in [0.05, 0.1) is 27.7 Å². The van der Waals surface area contributed by atoms with Gasteiger partial charge in [-0.1, -0.05) is 12.8 Å². The molecule has 84 valence electrons. The number of quaternary nitrogens is 1. The van der Waals surface area contributed by atoms with Crippen molar-refractivity contribution in [2.75, 3.05) is 40.8 Å². The van der Waals surface area contributed by atoms with Crippen LogP contribution < -0.4 is 0 Å². The Morgan fingerprint density at radius 2 is 2.07 bits per heavy atom. The average Bonchev–Trinajstić information content (AvgIpc) is 2.37. The fraction of sp³-hybridized carbons (Fsp3) is 0.750. The van der Waals surface area contributed by atoms with Gasteiger partial charge in [-0.2, -0.15) is 0 Å². The minimum Gasteiger partial charge on any atom is -0.331 e. The minimum atomic E-state index is 0.252. The van der Waals surface area contributed by atoms with E-state index in [0.717, 1.165) is 17.6 Å². The van der Waals surface area contributed by atoms with E-state index in [9.17, 15) is 4.79 Å². The van der Waals surface area contributed by atoms with Crippen LogP contribution >= 0.6 is 0 Å². The predicted octanol–water partition coefficient (Wildman–Crippen LogP) is 0.564. The van der Waals surface area contributed by atoms with Crippen LogP contribution in [0.3, 0.4) is 0 Å². The highest BCUT2D eigenvalue weighted by molar-refractivity contribution is 5.78. The van der Waals surface area contributed by atoms with Crippen LogP contribution in [0.15, 0.2) is 0 Å². The largest absolute Gasteiger partial charge is 0.331 e. The third-order valence-corrected chi connectivity index (χ3v) is 2.36. The van der Waals surface area contributed by atoms with Crippen molar-refractivity contribution in [1.29, 1.82) is 0 Å². The number of hydrogen-bond acceptors (Lipinski definition) is 1. The van der Waals surface area contributed by atoms with Crippen molar-refractivity contribution >= 4 is 5.91 Å². The molecule has 1 aliphatic rings. The molecular formula is C12H21N2O+. The Hall–Kier alpha value is -1.01. The highest BCUT2D eigenvalue weighted by atomic mass is 16.2. The van der Waals surface area contributed by atoms with Crippen LogP contribution in [0.25, 0.3) is 0 Å². The van der Waals surface area contributed by atoms with Crippen LogP contribution in [-0.2, 0) is 4.79 Å². The Balaban J connectivity index is 2.34. The molecule has 1 aliphatic heterocycles. The molecule has 1 atom stereocenters. The van der Waals surface area contributed by atoms with E-state index >= 15 is 0 Å². The summed E-state index contributed by atoms with van der Waals surface area (Å²) in [4.78, 5) is 13.3. The second kappa shape index (κ2) is 4.67. The van der Waals surface area contributed by atoms with Gasteiger partial charge in [0, 0.05) is 13.0 Å². The Labute approximate surface area is 92.6 Å². The number of likely N-dealkylation sites (tertiary alicyclic amines) is 1. The smallest absolute Gasteiger partial charge is 0.223 e. The Kier molecular flexibility index (Phi) is 3.76. The third-order valence-electron chi connectivity index (χ3n) is 2.36. The van der Waals surface area contributed by atoms with Gasteiger partial charge in [-0.15, -0.1) is 0 Å². The minimum absolute atomic E-state index is 0.252. The van der Waals surface area contributed by atoms with Crippen LogP contribution in [0, 0.1) is 17.8 Å². The first-order chi connectivity index (χ1) is 6.88. The standard InChI is InChI=1S/C12H21N2O/c1-11-9-12(15)13(10-11)7-5-6-8-14(2,3)4/h11H,7-10H2,1-4H3/q+1/t11-/m0/s1. The molecule has 0 radical (unpaired) electrons. The third kappa shape index (κ3) is 4.35. The van der Waals surface area contributed by atoms with Crippen LogP contribution in [0.2, 0.25) is 0 Å². The molecule has 15 heavy (non-hydrogen) atoms. The molecule has 1 amide bonds. The quantitative estimate of drug-likeness (QED) is 0.481. The molecule has 0 aromatic rings. The van der Waals surface area contributed by atoms with Gasteiger partial charge in [0.2, 0.25) is 5.91 Å². The number of amides is 1. The molecule has 1 saturated heterocycles. The molecule has 0 aliphatic carbocycles. The zero-order valence-electron chi connectivity index (χ0n) is 10.2. The predicted molar refractivity (Wildman–Crippen MR) is 61.0 cm³/mol. The van der Waals surface area contributed by atoms with Crippen molar-refractivity contribution in [2.45, 2.75) is 13.3 Å². The molecule has 3 heteroatoms. The number of carbonyl (C=O) groups excluding carboxylic acids is 1. The first-order valence-electron chi connectivity index (χ1n) is 5.42. The summed E-state index contributed by atoms with van der Waals surface area (Å²) in [6, 6.07) is 0. The maximum Gasteiger partial charge on any atom is 0.223 e. The van der Waals surface area contributed by atoms with Gasteiger partial charge >= 0.3 is 0 Å². The normalized spacial score (nSPS) is 21.5. The summed E-state index contributed by atoms with van der Waals surface area (Å²) in [5, 5.41) is 0. The van der Waals surface area contributed by atoms with Gasteiger partial charge in [-0.25, -0.2) is 0 Å². The molecular weight excluding hydrogens is 188 g/mol. The molecule has 1 heterocycles. The summed E-state index contributed by atoms with van der Waals surface area (Å²) in [6.07, 6.45) is 0.691. The summed E-state index contributed by atoms with van der Waals surface area (Å²) in [5.74, 6) is 6.94. The summed E-state index contributed by atoms with van der Waals surface area (Å²) < 4.78 is 0.845. The van der Waals surface area contributed by atoms with Crippen molar-refractivity contribution < 1.29 is 9.28 Å². The SMILES string of the molecule is C[C@H]1CC(=O)N(CC#CC[N+](C)(C)C)C1. The summed E-state index contributed by atoms with van der Waals surface area (Å²) in [6.45, 7) is 4.41. The lowest BCUT2D eigenvalue weighted by molar-refractivity contribution is -0.862. The van der Waals surface area contributed by atoms with E-state index in [1.54, 1.807) is 0 Å². The van der Waals surface area contributed by atoms with E-state index in [4.69, 9.17) is 0 Å². The van der Waals surface area contributed by atoms with E-state index in [1.165, 1.54) is 0 Å². The molecule has 0 aromatic carbocycles. The van der Waals surface area contributed by atoms with Crippen molar-refractivity contribution in [1.82, 2.24) is 4.90 Å². The molecule has 0 bridgehead atoms. The maximum absolute atomic E-state index is 11.4. The van der Waals surface area contributed by atoms with Crippen molar-refractivity contribution in [3.63, 3.8) is 0 Å². The van der Waals surface area contributed by atoms with Gasteiger partial charge in [0.1, 0.15) is 6.54 Å². The van der Waals surface area contributed by atoms with Crippen LogP contribution in [0.4, 0.5) is 0 Å². The number of nitrogens with zero attached hydrogens (tertiary/aromatic N) is 2. The lowest BCUT2D eigenvalue weighted by Gasteiger charge is -2.20. The number of rotatable bonds is 2. The van der Waals surface area contributed by atoms with E-state index in [0.29, 0.717) is 18.9 Å². The molecule has 0 spiro atoms. The second-order valence-electron chi connectivity index (χ2n) is 5.39.